The minimum Gasteiger partial charge on any atom is -0.451 e. The topological polar surface area (TPSA) is 92.1 Å². The van der Waals surface area contributed by atoms with Crippen LogP contribution in [0.2, 0.25) is 0 Å². The van der Waals surface area contributed by atoms with Gasteiger partial charge in [0.05, 0.1) is 11.8 Å². The third kappa shape index (κ3) is 4.31. The smallest absolute Gasteiger partial charge is 0.350 e. The molecule has 3 rings (SSSR count). The Kier molecular flexibility index (Phi) is 5.24. The van der Waals surface area contributed by atoms with Gasteiger partial charge in [0, 0.05) is 5.56 Å². The van der Waals surface area contributed by atoms with Gasteiger partial charge in [-0.05, 0) is 56.9 Å². The first kappa shape index (κ1) is 19.0. The Hall–Kier alpha value is -2.79. The van der Waals surface area contributed by atoms with Crippen molar-refractivity contribution in [1.82, 2.24) is 10.3 Å². The van der Waals surface area contributed by atoms with Crippen molar-refractivity contribution in [2.75, 3.05) is 6.61 Å². The van der Waals surface area contributed by atoms with Gasteiger partial charge in [-0.2, -0.15) is 5.26 Å². The molecule has 1 fully saturated rings. The molecule has 1 aromatic carbocycles. The van der Waals surface area contributed by atoms with Crippen molar-refractivity contribution < 1.29 is 18.7 Å². The van der Waals surface area contributed by atoms with Gasteiger partial charge in [0.2, 0.25) is 0 Å². The van der Waals surface area contributed by atoms with E-state index in [2.05, 4.69) is 16.4 Å². The molecule has 8 heteroatoms. The minimum absolute atomic E-state index is 0.143. The first-order valence-corrected chi connectivity index (χ1v) is 9.27. The highest BCUT2D eigenvalue weighted by atomic mass is 32.1. The zero-order chi connectivity index (χ0) is 19.6. The van der Waals surface area contributed by atoms with Crippen molar-refractivity contribution in [3.8, 4) is 16.6 Å². The molecule has 0 bridgehead atoms. The van der Waals surface area contributed by atoms with E-state index < -0.39 is 24.0 Å². The van der Waals surface area contributed by atoms with Gasteiger partial charge < -0.3 is 10.1 Å². The van der Waals surface area contributed by atoms with Gasteiger partial charge >= 0.3 is 5.97 Å². The number of nitrogens with one attached hydrogen (secondary N) is 1. The summed E-state index contributed by atoms with van der Waals surface area (Å²) in [6, 6.07) is 7.92. The van der Waals surface area contributed by atoms with Crippen LogP contribution in [0, 0.1) is 30.0 Å². The first-order chi connectivity index (χ1) is 12.8. The Morgan fingerprint density at radius 2 is 2.07 bits per heavy atom. The lowest BCUT2D eigenvalue weighted by Gasteiger charge is -2.22. The summed E-state index contributed by atoms with van der Waals surface area (Å²) in [6.07, 6.45) is 1.80. The van der Waals surface area contributed by atoms with Crippen LogP contribution in [0.5, 0.6) is 0 Å². The molecule has 0 unspecified atom stereocenters. The summed E-state index contributed by atoms with van der Waals surface area (Å²) in [5.74, 6) is -1.38. The van der Waals surface area contributed by atoms with Gasteiger partial charge in [-0.15, -0.1) is 11.3 Å². The number of thiazole rings is 1. The summed E-state index contributed by atoms with van der Waals surface area (Å²) < 4.78 is 18.1. The monoisotopic (exact) mass is 387 g/mol. The molecule has 1 saturated carbocycles. The van der Waals surface area contributed by atoms with Crippen molar-refractivity contribution in [2.45, 2.75) is 32.2 Å². The highest BCUT2D eigenvalue weighted by Crippen LogP contribution is 2.39. The highest BCUT2D eigenvalue weighted by molar-refractivity contribution is 7.17. The molecule has 2 aromatic rings. The molecule has 1 amide bonds. The van der Waals surface area contributed by atoms with Crippen molar-refractivity contribution in [3.63, 3.8) is 0 Å². The molecule has 1 aromatic heterocycles. The molecule has 0 radical (unpaired) electrons. The summed E-state index contributed by atoms with van der Waals surface area (Å²) in [5.41, 5.74) is 0.236. The highest BCUT2D eigenvalue weighted by Gasteiger charge is 2.43. The lowest BCUT2D eigenvalue weighted by atomic mass is 9.98. The normalized spacial score (nSPS) is 15.5. The van der Waals surface area contributed by atoms with Crippen molar-refractivity contribution >= 4 is 23.2 Å². The van der Waals surface area contributed by atoms with E-state index in [1.54, 1.807) is 26.0 Å². The number of hydrogen-bond acceptors (Lipinski definition) is 6. The maximum atomic E-state index is 13.0. The first-order valence-electron chi connectivity index (χ1n) is 8.45. The van der Waals surface area contributed by atoms with Crippen LogP contribution >= 0.6 is 11.3 Å². The molecule has 1 N–H and O–H groups in total. The number of esters is 1. The lowest BCUT2D eigenvalue weighted by molar-refractivity contribution is -0.125. The van der Waals surface area contributed by atoms with Crippen molar-refractivity contribution in [2.24, 2.45) is 5.92 Å². The number of ether oxygens (including phenoxy) is 1. The molecule has 6 nitrogen and oxygen atoms in total. The number of rotatable bonds is 6. The van der Waals surface area contributed by atoms with Crippen LogP contribution in [-0.4, -0.2) is 29.0 Å². The molecule has 1 heterocycles. The molecule has 0 aliphatic heterocycles. The quantitative estimate of drug-likeness (QED) is 0.769. The molecular formula is C19H18FN3O3S. The van der Waals surface area contributed by atoms with Gasteiger partial charge in [0.15, 0.2) is 6.61 Å². The van der Waals surface area contributed by atoms with E-state index >= 15 is 0 Å². The zero-order valence-electron chi connectivity index (χ0n) is 14.9. The molecule has 1 aliphatic carbocycles. The average Bonchev–Trinajstić information content (AvgIpc) is 3.43. The summed E-state index contributed by atoms with van der Waals surface area (Å²) in [6.45, 7) is 2.87. The van der Waals surface area contributed by atoms with Gasteiger partial charge in [-0.1, -0.05) is 0 Å². The predicted molar refractivity (Wildman–Crippen MR) is 97.4 cm³/mol. The fourth-order valence-electron chi connectivity index (χ4n) is 2.71. The summed E-state index contributed by atoms with van der Waals surface area (Å²) >= 11 is 1.12. The number of halogens is 1. The number of nitriles is 1. The maximum Gasteiger partial charge on any atom is 0.350 e. The molecular weight excluding hydrogens is 369 g/mol. The lowest BCUT2D eigenvalue weighted by Crippen LogP contribution is -2.48. The maximum absolute atomic E-state index is 13.0. The number of nitrogens with zero attached hydrogens (tertiary/aromatic N) is 2. The predicted octanol–water partition coefficient (Wildman–Crippen LogP) is 3.22. The van der Waals surface area contributed by atoms with Crippen LogP contribution in [0.3, 0.4) is 0 Å². The summed E-state index contributed by atoms with van der Waals surface area (Å²) in [5, 5.41) is 12.5. The summed E-state index contributed by atoms with van der Waals surface area (Å²) in [4.78, 5) is 28.9. The Morgan fingerprint density at radius 3 is 2.67 bits per heavy atom. The van der Waals surface area contributed by atoms with Gasteiger partial charge in [-0.25, -0.2) is 14.2 Å². The Morgan fingerprint density at radius 1 is 1.41 bits per heavy atom. The number of hydrogen-bond donors (Lipinski definition) is 1. The Labute approximate surface area is 160 Å². The van der Waals surface area contributed by atoms with Gasteiger partial charge in [-0.3, -0.25) is 4.79 Å². The number of benzene rings is 1. The summed E-state index contributed by atoms with van der Waals surface area (Å²) in [7, 11) is 0. The van der Waals surface area contributed by atoms with Crippen LogP contribution in [-0.2, 0) is 9.53 Å². The molecule has 0 spiro atoms. The standard InChI is InChI=1S/C19H18FN3O3S/c1-11-16(27-17(22-11)12-3-7-14(20)8-4-12)18(25)26-9-15(24)23-19(2,10-21)13-5-6-13/h3-4,7-8,13H,5-6,9H2,1-2H3,(H,23,24)/t19-/m1/s1. The van der Waals surface area contributed by atoms with E-state index in [0.717, 1.165) is 24.2 Å². The fraction of sp³-hybridized carbons (Fsp3) is 0.368. The van der Waals surface area contributed by atoms with Crippen molar-refractivity contribution in [3.05, 3.63) is 40.7 Å². The fourth-order valence-corrected chi connectivity index (χ4v) is 3.67. The Balaban J connectivity index is 1.62. The van der Waals surface area contributed by atoms with Gasteiger partial charge in [0.25, 0.3) is 5.91 Å². The average molecular weight is 387 g/mol. The molecule has 27 heavy (non-hydrogen) atoms. The van der Waals surface area contributed by atoms with E-state index in [-0.39, 0.29) is 16.6 Å². The minimum atomic E-state index is -0.931. The third-order valence-corrected chi connectivity index (χ3v) is 5.62. The van der Waals surface area contributed by atoms with Crippen LogP contribution in [0.1, 0.15) is 35.1 Å². The largest absolute Gasteiger partial charge is 0.451 e. The van der Waals surface area contributed by atoms with E-state index in [4.69, 9.17) is 4.74 Å². The SMILES string of the molecule is Cc1nc(-c2ccc(F)cc2)sc1C(=O)OCC(=O)N[C@](C)(C#N)C1CC1. The second-order valence-electron chi connectivity index (χ2n) is 6.65. The number of amides is 1. The molecule has 1 atom stereocenters. The van der Waals surface area contributed by atoms with E-state index in [0.29, 0.717) is 16.3 Å². The second-order valence-corrected chi connectivity index (χ2v) is 7.65. The molecule has 1 aliphatic rings. The van der Waals surface area contributed by atoms with Crippen LogP contribution in [0.4, 0.5) is 4.39 Å². The third-order valence-electron chi connectivity index (χ3n) is 4.43. The van der Waals surface area contributed by atoms with Crippen LogP contribution in [0.25, 0.3) is 10.6 Å². The number of aromatic nitrogens is 1. The van der Waals surface area contributed by atoms with E-state index in [1.807, 2.05) is 0 Å². The number of aryl methyl sites for hydroxylation is 1. The van der Waals surface area contributed by atoms with Crippen molar-refractivity contribution in [1.29, 1.82) is 5.26 Å². The Bertz CT molecular complexity index is 915. The van der Waals surface area contributed by atoms with Crippen LogP contribution in [0.15, 0.2) is 24.3 Å². The van der Waals surface area contributed by atoms with Crippen LogP contribution < -0.4 is 5.32 Å². The van der Waals surface area contributed by atoms with E-state index in [1.165, 1.54) is 12.1 Å². The molecule has 0 saturated heterocycles. The molecule has 140 valence electrons. The second kappa shape index (κ2) is 7.45. The zero-order valence-corrected chi connectivity index (χ0v) is 15.7. The van der Waals surface area contributed by atoms with Gasteiger partial charge in [0.1, 0.15) is 21.2 Å². The number of carbonyl (C=O) groups excluding carboxylic acids is 2. The van der Waals surface area contributed by atoms with E-state index in [9.17, 15) is 19.2 Å². The number of carbonyl (C=O) groups is 2.